The summed E-state index contributed by atoms with van der Waals surface area (Å²) in [7, 11) is 0. The quantitative estimate of drug-likeness (QED) is 0.860. The second kappa shape index (κ2) is 4.35. The van der Waals surface area contributed by atoms with Crippen LogP contribution in [0.4, 0.5) is 5.69 Å². The molecule has 1 aliphatic carbocycles. The zero-order chi connectivity index (χ0) is 11.6. The fourth-order valence-electron chi connectivity index (χ4n) is 1.84. The largest absolute Gasteiger partial charge is 0.383 e. The average Bonchev–Trinajstić information content (AvgIpc) is 3.08. The molecule has 1 aromatic rings. The van der Waals surface area contributed by atoms with E-state index in [2.05, 4.69) is 18.3 Å². The highest BCUT2D eigenvalue weighted by Crippen LogP contribution is 2.48. The fourth-order valence-corrected chi connectivity index (χ4v) is 2.09. The highest BCUT2D eigenvalue weighted by Gasteiger charge is 2.40. The van der Waals surface area contributed by atoms with Crippen LogP contribution in [0.15, 0.2) is 18.2 Å². The van der Waals surface area contributed by atoms with Crippen LogP contribution < -0.4 is 5.32 Å². The van der Waals surface area contributed by atoms with Crippen molar-refractivity contribution in [3.63, 3.8) is 0 Å². The van der Waals surface area contributed by atoms with Crippen LogP contribution in [0.3, 0.4) is 0 Å². The lowest BCUT2D eigenvalue weighted by atomic mass is 10.0. The summed E-state index contributed by atoms with van der Waals surface area (Å²) in [6, 6.07) is 7.46. The Balaban J connectivity index is 2.02. The number of nitrogens with zero attached hydrogens (tertiary/aromatic N) is 1. The summed E-state index contributed by atoms with van der Waals surface area (Å²) in [5.41, 5.74) is 2.03. The topological polar surface area (TPSA) is 35.8 Å². The van der Waals surface area contributed by atoms with Crippen molar-refractivity contribution in [3.8, 4) is 6.07 Å². The number of hydrogen-bond donors (Lipinski definition) is 1. The third kappa shape index (κ3) is 2.31. The van der Waals surface area contributed by atoms with E-state index < -0.39 is 0 Å². The van der Waals surface area contributed by atoms with Gasteiger partial charge in [-0.25, -0.2) is 0 Å². The molecule has 2 rings (SSSR count). The molecule has 1 saturated carbocycles. The van der Waals surface area contributed by atoms with Gasteiger partial charge in [0.2, 0.25) is 0 Å². The van der Waals surface area contributed by atoms with Gasteiger partial charge in [0.25, 0.3) is 0 Å². The molecule has 84 valence electrons. The van der Waals surface area contributed by atoms with Gasteiger partial charge in [-0.3, -0.25) is 0 Å². The number of anilines is 1. The number of benzene rings is 1. The van der Waals surface area contributed by atoms with E-state index in [1.54, 1.807) is 12.1 Å². The van der Waals surface area contributed by atoms with E-state index in [1.807, 2.05) is 6.07 Å². The molecule has 1 N–H and O–H groups in total. The van der Waals surface area contributed by atoms with Crippen molar-refractivity contribution < 1.29 is 0 Å². The van der Waals surface area contributed by atoms with Crippen LogP contribution in [0, 0.1) is 16.7 Å². The summed E-state index contributed by atoms with van der Waals surface area (Å²) in [4.78, 5) is 0. The van der Waals surface area contributed by atoms with Crippen LogP contribution in [0.2, 0.25) is 5.02 Å². The molecule has 0 bridgehead atoms. The van der Waals surface area contributed by atoms with Gasteiger partial charge in [0.15, 0.2) is 0 Å². The molecule has 16 heavy (non-hydrogen) atoms. The summed E-state index contributed by atoms with van der Waals surface area (Å²) in [6.45, 7) is 3.21. The number of nitrogens with one attached hydrogen (secondary N) is 1. The van der Waals surface area contributed by atoms with Crippen LogP contribution in [0.5, 0.6) is 0 Å². The van der Waals surface area contributed by atoms with Crippen molar-refractivity contribution in [1.82, 2.24) is 0 Å². The monoisotopic (exact) mass is 234 g/mol. The molecule has 2 nitrogen and oxygen atoms in total. The SMILES string of the molecule is CCC1(CNc2ccc(C#N)cc2Cl)CC1. The fraction of sp³-hybridized carbons (Fsp3) is 0.462. The minimum absolute atomic E-state index is 0.497. The summed E-state index contributed by atoms with van der Waals surface area (Å²) in [5, 5.41) is 12.7. The summed E-state index contributed by atoms with van der Waals surface area (Å²) in [6.07, 6.45) is 3.84. The molecular formula is C13H15ClN2. The molecule has 3 heteroatoms. The van der Waals surface area contributed by atoms with E-state index in [0.717, 1.165) is 12.2 Å². The lowest BCUT2D eigenvalue weighted by molar-refractivity contribution is 0.521. The van der Waals surface area contributed by atoms with Crippen molar-refractivity contribution in [2.24, 2.45) is 5.41 Å². The maximum absolute atomic E-state index is 8.73. The van der Waals surface area contributed by atoms with Crippen molar-refractivity contribution in [3.05, 3.63) is 28.8 Å². The molecule has 0 saturated heterocycles. The van der Waals surface area contributed by atoms with Crippen LogP contribution in [0.25, 0.3) is 0 Å². The zero-order valence-corrected chi connectivity index (χ0v) is 10.1. The Morgan fingerprint density at radius 3 is 2.75 bits per heavy atom. The van der Waals surface area contributed by atoms with Gasteiger partial charge in [0, 0.05) is 6.54 Å². The highest BCUT2D eigenvalue weighted by atomic mass is 35.5. The van der Waals surface area contributed by atoms with Gasteiger partial charge >= 0.3 is 0 Å². The van der Waals surface area contributed by atoms with Crippen molar-refractivity contribution in [1.29, 1.82) is 5.26 Å². The molecule has 1 aromatic carbocycles. The van der Waals surface area contributed by atoms with Gasteiger partial charge in [0.1, 0.15) is 0 Å². The van der Waals surface area contributed by atoms with Crippen LogP contribution >= 0.6 is 11.6 Å². The normalized spacial score (nSPS) is 16.6. The first kappa shape index (κ1) is 11.3. The Bertz CT molecular complexity index is 430. The molecule has 0 unspecified atom stereocenters. The molecule has 0 aliphatic heterocycles. The van der Waals surface area contributed by atoms with Gasteiger partial charge in [-0.1, -0.05) is 18.5 Å². The molecular weight excluding hydrogens is 220 g/mol. The van der Waals surface area contributed by atoms with E-state index in [0.29, 0.717) is 16.0 Å². The molecule has 1 fully saturated rings. The first-order chi connectivity index (χ1) is 7.69. The number of nitriles is 1. The maximum Gasteiger partial charge on any atom is 0.0992 e. The smallest absolute Gasteiger partial charge is 0.0992 e. The molecule has 0 aromatic heterocycles. The third-order valence-corrected chi connectivity index (χ3v) is 3.77. The molecule has 0 spiro atoms. The second-order valence-corrected chi connectivity index (χ2v) is 4.92. The van der Waals surface area contributed by atoms with Crippen LogP contribution in [0.1, 0.15) is 31.7 Å². The number of halogens is 1. The first-order valence-electron chi connectivity index (χ1n) is 5.63. The lowest BCUT2D eigenvalue weighted by Gasteiger charge is -2.15. The van der Waals surface area contributed by atoms with Crippen LogP contribution in [-0.4, -0.2) is 6.54 Å². The third-order valence-electron chi connectivity index (χ3n) is 3.46. The Hall–Kier alpha value is -1.20. The second-order valence-electron chi connectivity index (χ2n) is 4.51. The van der Waals surface area contributed by atoms with Gasteiger partial charge in [-0.05, 0) is 42.9 Å². The minimum Gasteiger partial charge on any atom is -0.383 e. The Morgan fingerprint density at radius 1 is 1.50 bits per heavy atom. The van der Waals surface area contributed by atoms with Crippen molar-refractivity contribution in [2.75, 3.05) is 11.9 Å². The average molecular weight is 235 g/mol. The van der Waals surface area contributed by atoms with E-state index in [1.165, 1.54) is 19.3 Å². The van der Waals surface area contributed by atoms with Gasteiger partial charge in [-0.2, -0.15) is 5.26 Å². The van der Waals surface area contributed by atoms with E-state index in [4.69, 9.17) is 16.9 Å². The van der Waals surface area contributed by atoms with E-state index in [9.17, 15) is 0 Å². The maximum atomic E-state index is 8.73. The molecule has 0 amide bonds. The Kier molecular flexibility index (Phi) is 3.07. The van der Waals surface area contributed by atoms with E-state index in [-0.39, 0.29) is 0 Å². The lowest BCUT2D eigenvalue weighted by Crippen LogP contribution is -2.14. The molecule has 0 heterocycles. The number of rotatable bonds is 4. The van der Waals surface area contributed by atoms with Crippen LogP contribution in [-0.2, 0) is 0 Å². The van der Waals surface area contributed by atoms with Crippen molar-refractivity contribution >= 4 is 17.3 Å². The predicted octanol–water partition coefficient (Wildman–Crippen LogP) is 3.81. The Morgan fingerprint density at radius 2 is 2.25 bits per heavy atom. The Labute approximate surface area is 101 Å². The summed E-state index contributed by atoms with van der Waals surface area (Å²) >= 11 is 6.09. The number of hydrogen-bond acceptors (Lipinski definition) is 2. The minimum atomic E-state index is 0.497. The predicted molar refractivity (Wildman–Crippen MR) is 66.6 cm³/mol. The first-order valence-corrected chi connectivity index (χ1v) is 6.00. The van der Waals surface area contributed by atoms with Gasteiger partial charge in [-0.15, -0.1) is 0 Å². The molecule has 1 aliphatic rings. The molecule has 0 radical (unpaired) electrons. The standard InChI is InChI=1S/C13H15ClN2/c1-2-13(5-6-13)9-16-12-4-3-10(8-15)7-11(12)14/h3-4,7,16H,2,5-6,9H2,1H3. The summed E-state index contributed by atoms with van der Waals surface area (Å²) in [5.74, 6) is 0. The van der Waals surface area contributed by atoms with Gasteiger partial charge < -0.3 is 5.32 Å². The van der Waals surface area contributed by atoms with Crippen molar-refractivity contribution in [2.45, 2.75) is 26.2 Å². The molecule has 0 atom stereocenters. The highest BCUT2D eigenvalue weighted by molar-refractivity contribution is 6.33. The van der Waals surface area contributed by atoms with E-state index >= 15 is 0 Å². The zero-order valence-electron chi connectivity index (χ0n) is 9.39. The van der Waals surface area contributed by atoms with Gasteiger partial charge in [0.05, 0.1) is 22.3 Å². The summed E-state index contributed by atoms with van der Waals surface area (Å²) < 4.78 is 0.